The molecule has 1 aliphatic rings. The van der Waals surface area contributed by atoms with Crippen molar-refractivity contribution in [2.75, 3.05) is 13.1 Å². The Morgan fingerprint density at radius 3 is 2.10 bits per heavy atom. The van der Waals surface area contributed by atoms with E-state index < -0.39 is 0 Å². The molecule has 1 atom stereocenters. The molecule has 4 heteroatoms. The number of nitrogens with one attached hydrogen (secondary N) is 1. The van der Waals surface area contributed by atoms with E-state index in [1.165, 1.54) is 6.42 Å². The van der Waals surface area contributed by atoms with Crippen LogP contribution in [0.25, 0.3) is 0 Å². The van der Waals surface area contributed by atoms with Gasteiger partial charge in [0.15, 0.2) is 0 Å². The van der Waals surface area contributed by atoms with Crippen LogP contribution in [0.4, 0.5) is 0 Å². The first-order chi connectivity index (χ1) is 9.40. The largest absolute Gasteiger partial charge is 0.344 e. The van der Waals surface area contributed by atoms with Crippen molar-refractivity contribution in [1.29, 1.82) is 0 Å². The quantitative estimate of drug-likeness (QED) is 0.814. The lowest BCUT2D eigenvalue weighted by Crippen LogP contribution is -2.50. The van der Waals surface area contributed by atoms with Crippen LogP contribution in [0.15, 0.2) is 0 Å². The highest BCUT2D eigenvalue weighted by Crippen LogP contribution is 2.14. The molecule has 1 saturated heterocycles. The number of hydrogen-bond donors (Lipinski definition) is 1. The van der Waals surface area contributed by atoms with Crippen LogP contribution in [0.3, 0.4) is 0 Å². The zero-order valence-corrected chi connectivity index (χ0v) is 13.4. The molecule has 20 heavy (non-hydrogen) atoms. The summed E-state index contributed by atoms with van der Waals surface area (Å²) in [4.78, 5) is 26.4. The second-order valence-electron chi connectivity index (χ2n) is 6.73. The molecule has 0 aliphatic carbocycles. The molecule has 0 spiro atoms. The Kier molecular flexibility index (Phi) is 7.03. The van der Waals surface area contributed by atoms with Crippen molar-refractivity contribution in [1.82, 2.24) is 10.2 Å². The lowest BCUT2D eigenvalue weighted by molar-refractivity contribution is -0.137. The van der Waals surface area contributed by atoms with E-state index in [2.05, 4.69) is 19.2 Å². The fourth-order valence-electron chi connectivity index (χ4n) is 2.65. The smallest absolute Gasteiger partial charge is 0.245 e. The third-order valence-corrected chi connectivity index (χ3v) is 3.60. The van der Waals surface area contributed by atoms with Crippen molar-refractivity contribution in [3.05, 3.63) is 0 Å². The molecular formula is C16H30N2O2. The van der Waals surface area contributed by atoms with Gasteiger partial charge in [0.25, 0.3) is 0 Å². The Morgan fingerprint density at radius 1 is 1.00 bits per heavy atom. The first kappa shape index (κ1) is 17.0. The van der Waals surface area contributed by atoms with E-state index in [0.29, 0.717) is 18.3 Å². The van der Waals surface area contributed by atoms with Crippen molar-refractivity contribution in [2.24, 2.45) is 11.8 Å². The molecule has 1 aliphatic heterocycles. The van der Waals surface area contributed by atoms with Crippen molar-refractivity contribution in [3.63, 3.8) is 0 Å². The normalized spacial score (nSPS) is 17.4. The van der Waals surface area contributed by atoms with Crippen LogP contribution in [-0.4, -0.2) is 35.8 Å². The average Bonchev–Trinajstić information content (AvgIpc) is 2.36. The zero-order valence-electron chi connectivity index (χ0n) is 13.4. The maximum atomic E-state index is 12.6. The van der Waals surface area contributed by atoms with E-state index in [-0.39, 0.29) is 17.9 Å². The summed E-state index contributed by atoms with van der Waals surface area (Å²) in [5.41, 5.74) is 0. The van der Waals surface area contributed by atoms with Crippen LogP contribution in [-0.2, 0) is 9.59 Å². The highest BCUT2D eigenvalue weighted by molar-refractivity contribution is 5.87. The van der Waals surface area contributed by atoms with Crippen molar-refractivity contribution >= 4 is 11.8 Å². The molecule has 4 nitrogen and oxygen atoms in total. The maximum absolute atomic E-state index is 12.6. The Morgan fingerprint density at radius 2 is 1.60 bits per heavy atom. The van der Waals surface area contributed by atoms with Crippen LogP contribution >= 0.6 is 0 Å². The van der Waals surface area contributed by atoms with Gasteiger partial charge in [0.2, 0.25) is 11.8 Å². The number of carbonyl (C=O) groups is 2. The van der Waals surface area contributed by atoms with Crippen LogP contribution in [0.2, 0.25) is 0 Å². The Balaban J connectivity index is 2.62. The fraction of sp³-hybridized carbons (Fsp3) is 0.875. The standard InChI is InChI=1S/C16H30N2O2/c1-12(2)10-14(17-15(19)11-13(3)4)16(20)18-8-6-5-7-9-18/h12-14H,5-11H2,1-4H3,(H,17,19)/t14-/m0/s1. The van der Waals surface area contributed by atoms with Gasteiger partial charge in [0.1, 0.15) is 6.04 Å². The van der Waals surface area contributed by atoms with Crippen LogP contribution in [0.5, 0.6) is 0 Å². The number of hydrogen-bond acceptors (Lipinski definition) is 2. The summed E-state index contributed by atoms with van der Waals surface area (Å²) < 4.78 is 0. The molecular weight excluding hydrogens is 252 g/mol. The monoisotopic (exact) mass is 282 g/mol. The first-order valence-corrected chi connectivity index (χ1v) is 7.98. The zero-order chi connectivity index (χ0) is 15.1. The molecule has 0 aromatic carbocycles. The number of carbonyl (C=O) groups excluding carboxylic acids is 2. The number of amides is 2. The van der Waals surface area contributed by atoms with Crippen LogP contribution < -0.4 is 5.32 Å². The van der Waals surface area contributed by atoms with Gasteiger partial charge >= 0.3 is 0 Å². The minimum atomic E-state index is -0.348. The van der Waals surface area contributed by atoms with E-state index in [1.54, 1.807) is 0 Å². The summed E-state index contributed by atoms with van der Waals surface area (Å²) in [6, 6.07) is -0.348. The van der Waals surface area contributed by atoms with E-state index in [9.17, 15) is 9.59 Å². The van der Waals surface area contributed by atoms with E-state index >= 15 is 0 Å². The third kappa shape index (κ3) is 5.93. The maximum Gasteiger partial charge on any atom is 0.245 e. The molecule has 116 valence electrons. The van der Waals surface area contributed by atoms with E-state index in [0.717, 1.165) is 32.4 Å². The van der Waals surface area contributed by atoms with Gasteiger partial charge in [0, 0.05) is 19.5 Å². The summed E-state index contributed by atoms with van der Waals surface area (Å²) in [5, 5.41) is 2.95. The molecule has 0 radical (unpaired) electrons. The summed E-state index contributed by atoms with van der Waals surface area (Å²) in [5.74, 6) is 0.819. The van der Waals surface area contributed by atoms with Crippen LogP contribution in [0.1, 0.15) is 59.8 Å². The number of nitrogens with zero attached hydrogens (tertiary/aromatic N) is 1. The molecule has 0 bridgehead atoms. The summed E-state index contributed by atoms with van der Waals surface area (Å²) >= 11 is 0. The summed E-state index contributed by atoms with van der Waals surface area (Å²) in [7, 11) is 0. The number of likely N-dealkylation sites (tertiary alicyclic amines) is 1. The van der Waals surface area contributed by atoms with Gasteiger partial charge in [-0.3, -0.25) is 9.59 Å². The van der Waals surface area contributed by atoms with Gasteiger partial charge in [-0.15, -0.1) is 0 Å². The van der Waals surface area contributed by atoms with Gasteiger partial charge in [-0.25, -0.2) is 0 Å². The van der Waals surface area contributed by atoms with Gasteiger partial charge in [-0.2, -0.15) is 0 Å². The predicted octanol–water partition coefficient (Wildman–Crippen LogP) is 2.58. The minimum absolute atomic E-state index is 0.00369. The summed E-state index contributed by atoms with van der Waals surface area (Å²) in [6.07, 6.45) is 4.58. The molecule has 0 unspecified atom stereocenters. The number of piperidine rings is 1. The molecule has 2 amide bonds. The molecule has 0 aromatic rings. The van der Waals surface area contributed by atoms with Crippen molar-refractivity contribution < 1.29 is 9.59 Å². The van der Waals surface area contributed by atoms with Gasteiger partial charge in [-0.1, -0.05) is 27.7 Å². The SMILES string of the molecule is CC(C)CC(=O)N[C@@H](CC(C)C)C(=O)N1CCCCC1. The second-order valence-corrected chi connectivity index (χ2v) is 6.73. The molecule has 1 N–H and O–H groups in total. The lowest BCUT2D eigenvalue weighted by atomic mass is 10.0. The highest BCUT2D eigenvalue weighted by atomic mass is 16.2. The van der Waals surface area contributed by atoms with E-state index in [1.807, 2.05) is 18.7 Å². The second kappa shape index (κ2) is 8.28. The summed E-state index contributed by atoms with van der Waals surface area (Å²) in [6.45, 7) is 9.89. The third-order valence-electron chi connectivity index (χ3n) is 3.60. The molecule has 0 aromatic heterocycles. The highest BCUT2D eigenvalue weighted by Gasteiger charge is 2.27. The fourth-order valence-corrected chi connectivity index (χ4v) is 2.65. The first-order valence-electron chi connectivity index (χ1n) is 7.98. The topological polar surface area (TPSA) is 49.4 Å². The van der Waals surface area contributed by atoms with Gasteiger partial charge in [-0.05, 0) is 37.5 Å². The van der Waals surface area contributed by atoms with Gasteiger partial charge < -0.3 is 10.2 Å². The predicted molar refractivity (Wildman–Crippen MR) is 81.3 cm³/mol. The molecule has 0 saturated carbocycles. The minimum Gasteiger partial charge on any atom is -0.344 e. The Labute approximate surface area is 123 Å². The molecule has 1 heterocycles. The van der Waals surface area contributed by atoms with E-state index in [4.69, 9.17) is 0 Å². The molecule has 1 fully saturated rings. The van der Waals surface area contributed by atoms with Crippen molar-refractivity contribution in [2.45, 2.75) is 65.8 Å². The Hall–Kier alpha value is -1.06. The van der Waals surface area contributed by atoms with Gasteiger partial charge in [0.05, 0.1) is 0 Å². The number of rotatable bonds is 6. The Bertz CT molecular complexity index is 320. The lowest BCUT2D eigenvalue weighted by Gasteiger charge is -2.31. The van der Waals surface area contributed by atoms with Crippen LogP contribution in [0, 0.1) is 11.8 Å². The average molecular weight is 282 g/mol. The molecule has 1 rings (SSSR count). The van der Waals surface area contributed by atoms with Crippen molar-refractivity contribution in [3.8, 4) is 0 Å².